The molecule has 1 heterocycles. The van der Waals surface area contributed by atoms with Crippen LogP contribution < -0.4 is 5.32 Å². The summed E-state index contributed by atoms with van der Waals surface area (Å²) in [6, 6.07) is 12.3. The topological polar surface area (TPSA) is 75.2 Å². The molecule has 0 aliphatic heterocycles. The molecule has 6 nitrogen and oxygen atoms in total. The molecule has 0 amide bonds. The van der Waals surface area contributed by atoms with Gasteiger partial charge in [0, 0.05) is 29.8 Å². The van der Waals surface area contributed by atoms with Crippen LogP contribution in [0.3, 0.4) is 0 Å². The van der Waals surface area contributed by atoms with Gasteiger partial charge in [0.2, 0.25) is 0 Å². The van der Waals surface area contributed by atoms with Crippen LogP contribution in [-0.2, 0) is 9.84 Å². The Kier molecular flexibility index (Phi) is 7.64. The maximum Gasteiger partial charge on any atom is 0.175 e. The van der Waals surface area contributed by atoms with Gasteiger partial charge in [0.15, 0.2) is 15.7 Å². The number of halogens is 1. The Morgan fingerprint density at radius 2 is 1.74 bits per heavy atom. The zero-order chi connectivity index (χ0) is 22.4. The molecule has 31 heavy (non-hydrogen) atoms. The lowest BCUT2D eigenvalue weighted by Gasteiger charge is -2.18. The number of nitrogens with one attached hydrogen (secondary N) is 1. The summed E-state index contributed by atoms with van der Waals surface area (Å²) in [5.74, 6) is 1.30. The first-order valence-corrected chi connectivity index (χ1v) is 12.5. The smallest absolute Gasteiger partial charge is 0.175 e. The lowest BCUT2D eigenvalue weighted by Crippen LogP contribution is -2.28. The van der Waals surface area contributed by atoms with Crippen LogP contribution in [0.1, 0.15) is 25.2 Å². The summed E-state index contributed by atoms with van der Waals surface area (Å²) in [6.07, 6.45) is 4.88. The highest BCUT2D eigenvalue weighted by atomic mass is 35.5. The fourth-order valence-electron chi connectivity index (χ4n) is 3.20. The summed E-state index contributed by atoms with van der Waals surface area (Å²) >= 11 is 6.20. The van der Waals surface area contributed by atoms with Gasteiger partial charge < -0.3 is 10.2 Å². The van der Waals surface area contributed by atoms with Crippen molar-refractivity contribution in [2.24, 2.45) is 0 Å². The van der Waals surface area contributed by atoms with Crippen molar-refractivity contribution in [1.82, 2.24) is 14.9 Å². The molecule has 0 saturated heterocycles. The number of sulfone groups is 1. The minimum Gasteiger partial charge on any atom is -0.368 e. The van der Waals surface area contributed by atoms with E-state index in [2.05, 4.69) is 34.0 Å². The predicted molar refractivity (Wildman–Crippen MR) is 129 cm³/mol. The Hall–Kier alpha value is -2.48. The van der Waals surface area contributed by atoms with Gasteiger partial charge in [-0.1, -0.05) is 43.7 Å². The van der Waals surface area contributed by atoms with Crippen LogP contribution in [0.2, 0.25) is 5.02 Å². The third-order valence-corrected chi connectivity index (χ3v) is 6.39. The lowest BCUT2D eigenvalue weighted by molar-refractivity contribution is 0.316. The Morgan fingerprint density at radius 3 is 2.39 bits per heavy atom. The number of fused-ring (bicyclic) bond motifs is 1. The first-order valence-electron chi connectivity index (χ1n) is 10.2. The predicted octanol–water partition coefficient (Wildman–Crippen LogP) is 4.61. The third-order valence-electron chi connectivity index (χ3n) is 5.02. The molecule has 3 rings (SSSR count). The van der Waals surface area contributed by atoms with Crippen molar-refractivity contribution in [2.45, 2.75) is 18.7 Å². The van der Waals surface area contributed by atoms with Crippen LogP contribution in [0.5, 0.6) is 0 Å². The highest BCUT2D eigenvalue weighted by Crippen LogP contribution is 2.24. The molecule has 8 heteroatoms. The molecule has 1 N–H and O–H groups in total. The van der Waals surface area contributed by atoms with Gasteiger partial charge in [-0.3, -0.25) is 0 Å². The summed E-state index contributed by atoms with van der Waals surface area (Å²) in [6.45, 7) is 7.97. The van der Waals surface area contributed by atoms with E-state index in [1.807, 2.05) is 30.4 Å². The second-order valence-electron chi connectivity index (χ2n) is 7.22. The highest BCUT2D eigenvalue weighted by molar-refractivity contribution is 7.90. The van der Waals surface area contributed by atoms with Crippen molar-refractivity contribution in [2.75, 3.05) is 37.8 Å². The number of nitrogens with zero attached hydrogens (tertiary/aromatic N) is 3. The molecular weight excluding hydrogens is 432 g/mol. The van der Waals surface area contributed by atoms with E-state index in [4.69, 9.17) is 11.6 Å². The molecule has 0 bridgehead atoms. The first kappa shape index (κ1) is 23.2. The van der Waals surface area contributed by atoms with E-state index in [1.165, 1.54) is 6.26 Å². The normalized spacial score (nSPS) is 12.2. The van der Waals surface area contributed by atoms with Crippen molar-refractivity contribution in [3.05, 3.63) is 58.9 Å². The van der Waals surface area contributed by atoms with Gasteiger partial charge in [-0.25, -0.2) is 18.4 Å². The molecule has 1 aromatic heterocycles. The first-order chi connectivity index (χ1) is 14.8. The summed E-state index contributed by atoms with van der Waals surface area (Å²) in [4.78, 5) is 11.9. The van der Waals surface area contributed by atoms with E-state index >= 15 is 0 Å². The molecular formula is C23H27ClN4O2S. The molecule has 0 aliphatic carbocycles. The molecule has 0 fully saturated rings. The van der Waals surface area contributed by atoms with Crippen molar-refractivity contribution >= 4 is 50.3 Å². The minimum absolute atomic E-state index is 0.295. The fraction of sp³-hybridized carbons (Fsp3) is 0.304. The van der Waals surface area contributed by atoms with E-state index in [1.54, 1.807) is 24.3 Å². The van der Waals surface area contributed by atoms with Crippen molar-refractivity contribution in [3.8, 4) is 0 Å². The molecule has 0 unspecified atom stereocenters. The van der Waals surface area contributed by atoms with Crippen molar-refractivity contribution < 1.29 is 8.42 Å². The molecule has 0 spiro atoms. The van der Waals surface area contributed by atoms with Crippen molar-refractivity contribution in [3.63, 3.8) is 0 Å². The van der Waals surface area contributed by atoms with E-state index in [0.29, 0.717) is 15.7 Å². The second kappa shape index (κ2) is 10.2. The molecule has 3 aromatic rings. The zero-order valence-electron chi connectivity index (χ0n) is 18.0. The number of likely N-dealkylation sites (N-methyl/N-ethyl adjacent to an activating group) is 1. The average molecular weight is 459 g/mol. The highest BCUT2D eigenvalue weighted by Gasteiger charge is 2.09. The summed E-state index contributed by atoms with van der Waals surface area (Å²) < 4.78 is 23.2. The Bertz CT molecular complexity index is 1170. The number of hydrogen-bond donors (Lipinski definition) is 1. The van der Waals surface area contributed by atoms with Gasteiger partial charge in [-0.05, 0) is 55.1 Å². The molecule has 164 valence electrons. The van der Waals surface area contributed by atoms with Gasteiger partial charge >= 0.3 is 0 Å². The minimum atomic E-state index is -3.21. The summed E-state index contributed by atoms with van der Waals surface area (Å²) in [5, 5.41) is 4.94. The van der Waals surface area contributed by atoms with Gasteiger partial charge in [-0.2, -0.15) is 0 Å². The molecule has 0 atom stereocenters. The van der Waals surface area contributed by atoms with Gasteiger partial charge in [0.1, 0.15) is 5.82 Å². The number of anilines is 1. The van der Waals surface area contributed by atoms with E-state index in [-0.39, 0.29) is 0 Å². The number of benzene rings is 2. The van der Waals surface area contributed by atoms with Gasteiger partial charge in [0.05, 0.1) is 10.4 Å². The molecule has 0 saturated carbocycles. The Morgan fingerprint density at radius 1 is 1.03 bits per heavy atom. The third kappa shape index (κ3) is 6.26. The zero-order valence-corrected chi connectivity index (χ0v) is 19.5. The molecule has 0 radical (unpaired) electrons. The maximum atomic E-state index is 11.6. The molecule has 0 aliphatic rings. The monoisotopic (exact) mass is 458 g/mol. The van der Waals surface area contributed by atoms with Crippen LogP contribution in [0.25, 0.3) is 23.1 Å². The lowest BCUT2D eigenvalue weighted by atomic mass is 10.2. The standard InChI is InChI=1S/C23H27ClN4O2S/c1-4-28(5-2)15-14-25-23-20-16-18(24)9-12-21(20)26-22(27-23)13-8-17-6-10-19(11-7-17)31(3,29)30/h6-13,16H,4-5,14-15H2,1-3H3,(H,25,26,27). The number of rotatable bonds is 9. The summed E-state index contributed by atoms with van der Waals surface area (Å²) in [5.41, 5.74) is 1.67. The van der Waals surface area contributed by atoms with Crippen LogP contribution in [0.4, 0.5) is 5.82 Å². The van der Waals surface area contributed by atoms with E-state index < -0.39 is 9.84 Å². The largest absolute Gasteiger partial charge is 0.368 e. The SMILES string of the molecule is CCN(CC)CCNc1nc(C=Cc2ccc(S(C)(=O)=O)cc2)nc2ccc(Cl)cc12. The van der Waals surface area contributed by atoms with Crippen LogP contribution in [0, 0.1) is 0 Å². The quantitative estimate of drug-likeness (QED) is 0.504. The fourth-order valence-corrected chi connectivity index (χ4v) is 4.00. The molecule has 2 aromatic carbocycles. The van der Waals surface area contributed by atoms with Crippen LogP contribution >= 0.6 is 11.6 Å². The Balaban J connectivity index is 1.86. The number of aromatic nitrogens is 2. The van der Waals surface area contributed by atoms with Crippen LogP contribution in [-0.4, -0.2) is 55.7 Å². The van der Waals surface area contributed by atoms with E-state index in [9.17, 15) is 8.42 Å². The van der Waals surface area contributed by atoms with Crippen molar-refractivity contribution in [1.29, 1.82) is 0 Å². The van der Waals surface area contributed by atoms with E-state index in [0.717, 1.165) is 48.5 Å². The van der Waals surface area contributed by atoms with Gasteiger partial charge in [-0.15, -0.1) is 0 Å². The Labute approximate surface area is 188 Å². The summed E-state index contributed by atoms with van der Waals surface area (Å²) in [7, 11) is -3.21. The number of hydrogen-bond acceptors (Lipinski definition) is 6. The second-order valence-corrected chi connectivity index (χ2v) is 9.67. The maximum absolute atomic E-state index is 11.6. The van der Waals surface area contributed by atoms with Crippen LogP contribution in [0.15, 0.2) is 47.4 Å². The average Bonchev–Trinajstić information content (AvgIpc) is 2.75. The van der Waals surface area contributed by atoms with Gasteiger partial charge in [0.25, 0.3) is 0 Å².